The van der Waals surface area contributed by atoms with Gasteiger partial charge in [0.25, 0.3) is 0 Å². The summed E-state index contributed by atoms with van der Waals surface area (Å²) in [5.41, 5.74) is -0.755. The first kappa shape index (κ1) is 18.8. The third kappa shape index (κ3) is 5.85. The number of methoxy groups -OCH3 is 1. The van der Waals surface area contributed by atoms with Gasteiger partial charge in [0.1, 0.15) is 22.5 Å². The molecule has 0 fully saturated rings. The number of hydrogen-bond acceptors (Lipinski definition) is 6. The van der Waals surface area contributed by atoms with E-state index in [-0.39, 0.29) is 12.0 Å². The van der Waals surface area contributed by atoms with E-state index < -0.39 is 24.5 Å². The van der Waals surface area contributed by atoms with Crippen molar-refractivity contribution < 1.29 is 29.0 Å². The second-order valence-corrected chi connectivity index (χ2v) is 6.06. The zero-order valence-corrected chi connectivity index (χ0v) is 13.8. The molecule has 1 atom stereocenters. The van der Waals surface area contributed by atoms with Crippen LogP contribution in [0.2, 0.25) is 0 Å². The summed E-state index contributed by atoms with van der Waals surface area (Å²) >= 11 is 5.86. The van der Waals surface area contributed by atoms with Gasteiger partial charge >= 0.3 is 13.3 Å². The van der Waals surface area contributed by atoms with Gasteiger partial charge in [-0.1, -0.05) is 23.7 Å². The van der Waals surface area contributed by atoms with Crippen LogP contribution in [0.4, 0.5) is 0 Å². The lowest BCUT2D eigenvalue weighted by molar-refractivity contribution is 0.00660. The topological polar surface area (TPSA) is 85.2 Å². The van der Waals surface area contributed by atoms with E-state index in [1.807, 2.05) is 0 Å². The number of benzene rings is 1. The van der Waals surface area contributed by atoms with Crippen LogP contribution in [0.25, 0.3) is 0 Å². The van der Waals surface area contributed by atoms with Crippen molar-refractivity contribution >= 4 is 24.9 Å². The Morgan fingerprint density at radius 3 is 2.50 bits per heavy atom. The molecule has 0 aliphatic carbocycles. The van der Waals surface area contributed by atoms with Crippen LogP contribution in [-0.2, 0) is 15.8 Å². The van der Waals surface area contributed by atoms with Crippen LogP contribution in [0, 0.1) is 0 Å². The number of halogens is 1. The van der Waals surface area contributed by atoms with Crippen LogP contribution < -0.4 is 4.74 Å². The first-order valence-corrected chi connectivity index (χ1v) is 7.12. The van der Waals surface area contributed by atoms with Gasteiger partial charge in [-0.15, -0.1) is 0 Å². The quantitative estimate of drug-likeness (QED) is 0.469. The minimum absolute atomic E-state index is 0.124. The van der Waals surface area contributed by atoms with Crippen LogP contribution in [0.3, 0.4) is 0 Å². The molecular weight excluding hydrogens is 310 g/mol. The normalized spacial score (nSPS) is 12.7. The van der Waals surface area contributed by atoms with Gasteiger partial charge in [-0.25, -0.2) is 4.79 Å². The van der Waals surface area contributed by atoms with E-state index in [0.29, 0.717) is 11.3 Å². The molecule has 22 heavy (non-hydrogen) atoms. The van der Waals surface area contributed by atoms with Gasteiger partial charge in [-0.3, -0.25) is 0 Å². The van der Waals surface area contributed by atoms with Crippen LogP contribution in [0.5, 0.6) is 5.75 Å². The molecule has 1 rings (SSSR count). The molecule has 0 aliphatic heterocycles. The van der Waals surface area contributed by atoms with Crippen molar-refractivity contribution in [3.8, 4) is 5.75 Å². The molecular formula is C14H20BClO6. The monoisotopic (exact) mass is 330 g/mol. The largest absolute Gasteiger partial charge is 0.635 e. The third-order valence-electron chi connectivity index (χ3n) is 2.57. The van der Waals surface area contributed by atoms with Gasteiger partial charge in [-0.05, 0) is 32.4 Å². The molecule has 0 unspecified atom stereocenters. The summed E-state index contributed by atoms with van der Waals surface area (Å²) < 4.78 is 15.2. The number of ether oxygens (including phenoxy) is 2. The molecule has 0 radical (unpaired) electrons. The lowest BCUT2D eigenvalue weighted by Gasteiger charge is -2.21. The highest BCUT2D eigenvalue weighted by molar-refractivity contribution is 6.34. The van der Waals surface area contributed by atoms with Gasteiger partial charge in [0.2, 0.25) is 0 Å². The van der Waals surface area contributed by atoms with E-state index >= 15 is 0 Å². The molecule has 122 valence electrons. The second kappa shape index (κ2) is 7.83. The van der Waals surface area contributed by atoms with E-state index in [4.69, 9.17) is 31.1 Å². The first-order valence-electron chi connectivity index (χ1n) is 6.69. The zero-order chi connectivity index (χ0) is 16.9. The number of esters is 1. The average Bonchev–Trinajstić information content (AvgIpc) is 2.35. The van der Waals surface area contributed by atoms with Crippen molar-refractivity contribution in [2.24, 2.45) is 0 Å². The van der Waals surface area contributed by atoms with Crippen molar-refractivity contribution in [3.63, 3.8) is 0 Å². The number of para-hydroxylation sites is 1. The number of rotatable bonds is 6. The van der Waals surface area contributed by atoms with E-state index in [1.54, 1.807) is 39.0 Å². The second-order valence-electron chi connectivity index (χ2n) is 5.58. The fraction of sp³-hybridized carbons (Fsp3) is 0.500. The Labute approximate surface area is 135 Å². The highest BCUT2D eigenvalue weighted by atomic mass is 35.5. The SMILES string of the molecule is COc1c(C[C@H](Cl)OB(O)O)cccc1C(=O)OC(C)(C)C. The summed E-state index contributed by atoms with van der Waals surface area (Å²) in [6, 6.07) is 4.95. The fourth-order valence-electron chi connectivity index (χ4n) is 1.83. The van der Waals surface area contributed by atoms with E-state index in [2.05, 4.69) is 4.65 Å². The smallest absolute Gasteiger partial charge is 0.496 e. The zero-order valence-electron chi connectivity index (χ0n) is 13.0. The molecule has 0 aromatic heterocycles. The Balaban J connectivity index is 3.02. The summed E-state index contributed by atoms with van der Waals surface area (Å²) in [7, 11) is -0.542. The molecule has 0 saturated carbocycles. The van der Waals surface area contributed by atoms with Gasteiger partial charge in [0.15, 0.2) is 0 Å². The molecule has 0 spiro atoms. The molecule has 6 nitrogen and oxygen atoms in total. The number of hydrogen-bond donors (Lipinski definition) is 2. The lowest BCUT2D eigenvalue weighted by Crippen LogP contribution is -2.25. The molecule has 8 heteroatoms. The maximum atomic E-state index is 12.2. The summed E-state index contributed by atoms with van der Waals surface area (Å²) in [5.74, 6) is -0.195. The summed E-state index contributed by atoms with van der Waals surface area (Å²) in [4.78, 5) is 12.2. The van der Waals surface area contributed by atoms with Gasteiger partial charge in [0, 0.05) is 6.42 Å². The minimum atomic E-state index is -1.97. The predicted octanol–water partition coefficient (Wildman–Crippen LogP) is 1.74. The molecule has 1 aromatic carbocycles. The number of alkyl halides is 1. The number of carbonyl (C=O) groups is 1. The molecule has 1 aromatic rings. The van der Waals surface area contributed by atoms with Crippen molar-refractivity contribution in [2.75, 3.05) is 7.11 Å². The van der Waals surface area contributed by atoms with Gasteiger partial charge < -0.3 is 24.2 Å². The average molecular weight is 331 g/mol. The standard InChI is InChI=1S/C14H20BClO6/c1-14(2,3)21-13(17)10-7-5-6-9(12(10)20-4)8-11(16)22-15(18)19/h5-7,11,18-19H,8H2,1-4H3/t11-/m1/s1. The molecule has 0 bridgehead atoms. The van der Waals surface area contributed by atoms with Crippen molar-refractivity contribution in [3.05, 3.63) is 29.3 Å². The van der Waals surface area contributed by atoms with Crippen molar-refractivity contribution in [1.82, 2.24) is 0 Å². The Morgan fingerprint density at radius 1 is 1.36 bits per heavy atom. The lowest BCUT2D eigenvalue weighted by atomic mass is 10.1. The van der Waals surface area contributed by atoms with Gasteiger partial charge in [0.05, 0.1) is 7.11 Å². The van der Waals surface area contributed by atoms with Crippen LogP contribution in [0.1, 0.15) is 36.7 Å². The van der Waals surface area contributed by atoms with E-state index in [0.717, 1.165) is 0 Å². The molecule has 0 amide bonds. The fourth-order valence-corrected chi connectivity index (χ4v) is 2.09. The molecule has 0 aliphatic rings. The molecule has 0 saturated heterocycles. The summed E-state index contributed by atoms with van der Waals surface area (Å²) in [5, 5.41) is 17.5. The van der Waals surface area contributed by atoms with Crippen LogP contribution in [0.15, 0.2) is 18.2 Å². The Kier molecular flexibility index (Phi) is 6.68. The van der Waals surface area contributed by atoms with Crippen molar-refractivity contribution in [2.45, 2.75) is 38.4 Å². The Hall–Kier alpha value is -1.28. The van der Waals surface area contributed by atoms with Crippen LogP contribution in [-0.4, -0.2) is 41.6 Å². The van der Waals surface area contributed by atoms with E-state index in [9.17, 15) is 4.79 Å². The van der Waals surface area contributed by atoms with Crippen molar-refractivity contribution in [1.29, 1.82) is 0 Å². The maximum Gasteiger partial charge on any atom is 0.635 e. The predicted molar refractivity (Wildman–Crippen MR) is 82.8 cm³/mol. The van der Waals surface area contributed by atoms with Gasteiger partial charge in [-0.2, -0.15) is 0 Å². The highest BCUT2D eigenvalue weighted by Gasteiger charge is 2.24. The molecule has 0 heterocycles. The summed E-state index contributed by atoms with van der Waals surface area (Å²) in [6.45, 7) is 5.31. The minimum Gasteiger partial charge on any atom is -0.496 e. The maximum absolute atomic E-state index is 12.2. The Morgan fingerprint density at radius 2 is 2.00 bits per heavy atom. The summed E-state index contributed by atoms with van der Waals surface area (Å²) in [6.07, 6.45) is 0.124. The number of carbonyl (C=O) groups excluding carboxylic acids is 1. The third-order valence-corrected chi connectivity index (χ3v) is 2.83. The van der Waals surface area contributed by atoms with E-state index in [1.165, 1.54) is 7.11 Å². The molecule has 2 N–H and O–H groups in total. The highest BCUT2D eigenvalue weighted by Crippen LogP contribution is 2.28. The first-order chi connectivity index (χ1) is 10.1. The van der Waals surface area contributed by atoms with Crippen LogP contribution >= 0.6 is 11.6 Å². The Bertz CT molecular complexity index is 515.